The second-order valence-corrected chi connectivity index (χ2v) is 8.77. The van der Waals surface area contributed by atoms with E-state index in [0.29, 0.717) is 24.6 Å². The molecule has 2 heterocycles. The molecule has 1 aliphatic heterocycles. The molecule has 0 saturated carbocycles. The average Bonchev–Trinajstić information content (AvgIpc) is 2.99. The summed E-state index contributed by atoms with van der Waals surface area (Å²) in [6, 6.07) is 2.07. The van der Waals surface area contributed by atoms with Gasteiger partial charge >= 0.3 is 0 Å². The van der Waals surface area contributed by atoms with E-state index in [0.717, 1.165) is 17.8 Å². The predicted octanol–water partition coefficient (Wildman–Crippen LogP) is 2.42. The molecule has 21 heavy (non-hydrogen) atoms. The Morgan fingerprint density at radius 2 is 2.10 bits per heavy atom. The van der Waals surface area contributed by atoms with Gasteiger partial charge in [0.05, 0.1) is 17.2 Å². The molecule has 0 aromatic carbocycles. The highest BCUT2D eigenvalue weighted by Crippen LogP contribution is 2.41. The minimum atomic E-state index is -2.94. The summed E-state index contributed by atoms with van der Waals surface area (Å²) in [5.74, 6) is 1.20. The lowest BCUT2D eigenvalue weighted by molar-refractivity contribution is 0.240. The molecule has 0 bridgehead atoms. The molecular weight excluding hydrogens is 331 g/mol. The van der Waals surface area contributed by atoms with Crippen molar-refractivity contribution >= 4 is 33.0 Å². The van der Waals surface area contributed by atoms with Crippen LogP contribution >= 0.6 is 23.2 Å². The molecule has 1 aliphatic rings. The number of alkyl halides is 2. The van der Waals surface area contributed by atoms with Gasteiger partial charge in [0, 0.05) is 29.9 Å². The van der Waals surface area contributed by atoms with Crippen LogP contribution in [-0.4, -0.2) is 41.5 Å². The molecular formula is C14H22Cl2N2O2S. The van der Waals surface area contributed by atoms with Gasteiger partial charge in [0.1, 0.15) is 0 Å². The first kappa shape index (κ1) is 17.1. The zero-order valence-corrected chi connectivity index (χ0v) is 14.8. The highest BCUT2D eigenvalue weighted by molar-refractivity contribution is 7.91. The van der Waals surface area contributed by atoms with Crippen molar-refractivity contribution in [3.8, 4) is 0 Å². The Morgan fingerprint density at radius 1 is 1.43 bits per heavy atom. The summed E-state index contributed by atoms with van der Waals surface area (Å²) in [4.78, 5) is 0. The Balaban J connectivity index is 2.27. The third kappa shape index (κ3) is 3.57. The monoisotopic (exact) mass is 352 g/mol. The second-order valence-electron chi connectivity index (χ2n) is 6.01. The lowest BCUT2D eigenvalue weighted by atomic mass is 9.74. The van der Waals surface area contributed by atoms with Crippen LogP contribution < -0.4 is 0 Å². The molecule has 1 unspecified atom stereocenters. The number of nitrogens with zero attached hydrogens (tertiary/aromatic N) is 2. The number of aromatic nitrogens is 2. The zero-order chi connectivity index (χ0) is 15.7. The number of halogens is 2. The highest BCUT2D eigenvalue weighted by atomic mass is 35.5. The number of sulfone groups is 1. The smallest absolute Gasteiger partial charge is 0.150 e. The topological polar surface area (TPSA) is 52.0 Å². The van der Waals surface area contributed by atoms with Crippen LogP contribution in [0.25, 0.3) is 0 Å². The van der Waals surface area contributed by atoms with E-state index in [-0.39, 0.29) is 22.8 Å². The van der Waals surface area contributed by atoms with Crippen LogP contribution in [0.4, 0.5) is 0 Å². The van der Waals surface area contributed by atoms with E-state index in [9.17, 15) is 8.42 Å². The van der Waals surface area contributed by atoms with Crippen LogP contribution in [0.5, 0.6) is 0 Å². The third-order valence-electron chi connectivity index (χ3n) is 4.55. The zero-order valence-electron chi connectivity index (χ0n) is 12.5. The van der Waals surface area contributed by atoms with Gasteiger partial charge in [0.15, 0.2) is 9.84 Å². The van der Waals surface area contributed by atoms with Crippen molar-refractivity contribution < 1.29 is 8.42 Å². The summed E-state index contributed by atoms with van der Waals surface area (Å²) in [5, 5.41) is 4.45. The number of aryl methyl sites for hydroxylation is 2. The van der Waals surface area contributed by atoms with Gasteiger partial charge in [0.2, 0.25) is 0 Å². The summed E-state index contributed by atoms with van der Waals surface area (Å²) in [7, 11) is -1.03. The van der Waals surface area contributed by atoms with Crippen LogP contribution in [0, 0.1) is 11.3 Å². The van der Waals surface area contributed by atoms with Crippen LogP contribution in [0.2, 0.25) is 0 Å². The lowest BCUT2D eigenvalue weighted by Crippen LogP contribution is -2.38. The average molecular weight is 353 g/mol. The quantitative estimate of drug-likeness (QED) is 0.738. The molecule has 7 heteroatoms. The molecule has 0 radical (unpaired) electrons. The van der Waals surface area contributed by atoms with Crippen molar-refractivity contribution in [2.24, 2.45) is 18.4 Å². The minimum absolute atomic E-state index is 0.0254. The SMILES string of the molecule is CCc1cc(CC(CCl)(CCl)C2CCS(=O)(=O)C2)n(C)n1. The van der Waals surface area contributed by atoms with Gasteiger partial charge < -0.3 is 0 Å². The Kier molecular flexibility index (Phi) is 5.27. The number of rotatable bonds is 6. The van der Waals surface area contributed by atoms with Gasteiger partial charge in [-0.1, -0.05) is 6.92 Å². The van der Waals surface area contributed by atoms with Gasteiger partial charge in [-0.15, -0.1) is 23.2 Å². The molecule has 4 nitrogen and oxygen atoms in total. The molecule has 0 aliphatic carbocycles. The maximum Gasteiger partial charge on any atom is 0.150 e. The molecule has 2 rings (SSSR count). The molecule has 1 atom stereocenters. The summed E-state index contributed by atoms with van der Waals surface area (Å²) < 4.78 is 25.4. The van der Waals surface area contributed by atoms with Gasteiger partial charge in [-0.05, 0) is 31.2 Å². The summed E-state index contributed by atoms with van der Waals surface area (Å²) in [5.41, 5.74) is 1.72. The van der Waals surface area contributed by atoms with Gasteiger partial charge in [0.25, 0.3) is 0 Å². The normalized spacial score (nSPS) is 21.8. The van der Waals surface area contributed by atoms with E-state index in [1.807, 2.05) is 11.7 Å². The first-order chi connectivity index (χ1) is 9.85. The molecule has 1 aromatic rings. The van der Waals surface area contributed by atoms with E-state index < -0.39 is 9.84 Å². The van der Waals surface area contributed by atoms with Crippen molar-refractivity contribution in [2.75, 3.05) is 23.3 Å². The first-order valence-electron chi connectivity index (χ1n) is 7.20. The maximum absolute atomic E-state index is 11.8. The molecule has 1 fully saturated rings. The van der Waals surface area contributed by atoms with Crippen molar-refractivity contribution in [1.29, 1.82) is 0 Å². The van der Waals surface area contributed by atoms with E-state index >= 15 is 0 Å². The van der Waals surface area contributed by atoms with Crippen molar-refractivity contribution in [1.82, 2.24) is 9.78 Å². The van der Waals surface area contributed by atoms with Crippen LogP contribution in [0.3, 0.4) is 0 Å². The molecule has 0 N–H and O–H groups in total. The second kappa shape index (κ2) is 6.47. The third-order valence-corrected chi connectivity index (χ3v) is 7.39. The van der Waals surface area contributed by atoms with Crippen LogP contribution in [0.1, 0.15) is 24.7 Å². The first-order valence-corrected chi connectivity index (χ1v) is 10.1. The summed E-state index contributed by atoms with van der Waals surface area (Å²) in [6.07, 6.45) is 2.20. The van der Waals surface area contributed by atoms with E-state index in [2.05, 4.69) is 18.1 Å². The van der Waals surface area contributed by atoms with Crippen molar-refractivity contribution in [2.45, 2.75) is 26.2 Å². The number of hydrogen-bond donors (Lipinski definition) is 0. The fourth-order valence-electron chi connectivity index (χ4n) is 3.04. The largest absolute Gasteiger partial charge is 0.272 e. The lowest BCUT2D eigenvalue weighted by Gasteiger charge is -2.35. The fraction of sp³-hybridized carbons (Fsp3) is 0.786. The van der Waals surface area contributed by atoms with E-state index in [1.165, 1.54) is 0 Å². The highest BCUT2D eigenvalue weighted by Gasteiger charge is 2.44. The van der Waals surface area contributed by atoms with Crippen molar-refractivity contribution in [3.05, 3.63) is 17.5 Å². The minimum Gasteiger partial charge on any atom is -0.272 e. The molecule has 1 saturated heterocycles. The Labute approximate surface area is 136 Å². The van der Waals surface area contributed by atoms with Gasteiger partial charge in [-0.25, -0.2) is 8.42 Å². The fourth-order valence-corrected chi connectivity index (χ4v) is 5.90. The molecule has 0 amide bonds. The summed E-state index contributed by atoms with van der Waals surface area (Å²) in [6.45, 7) is 2.06. The predicted molar refractivity (Wildman–Crippen MR) is 86.9 cm³/mol. The van der Waals surface area contributed by atoms with Gasteiger partial charge in [-0.3, -0.25) is 4.68 Å². The van der Waals surface area contributed by atoms with Crippen LogP contribution in [-0.2, 0) is 29.7 Å². The molecule has 0 spiro atoms. The van der Waals surface area contributed by atoms with E-state index in [4.69, 9.17) is 23.2 Å². The van der Waals surface area contributed by atoms with Gasteiger partial charge in [-0.2, -0.15) is 5.10 Å². The van der Waals surface area contributed by atoms with Crippen molar-refractivity contribution in [3.63, 3.8) is 0 Å². The Morgan fingerprint density at radius 3 is 2.52 bits per heavy atom. The Bertz CT molecular complexity index is 594. The Hall–Kier alpha value is -0.260. The summed E-state index contributed by atoms with van der Waals surface area (Å²) >= 11 is 12.5. The van der Waals surface area contributed by atoms with E-state index in [1.54, 1.807) is 0 Å². The maximum atomic E-state index is 11.8. The molecule has 120 valence electrons. The standard InChI is InChI=1S/C14H22Cl2N2O2S/c1-3-12-6-13(18(2)17-12)7-14(9-15,10-16)11-4-5-21(19,20)8-11/h6,11H,3-5,7-10H2,1-2H3. The van der Waals surface area contributed by atoms with Crippen LogP contribution in [0.15, 0.2) is 6.07 Å². The molecule has 1 aromatic heterocycles. The number of hydrogen-bond acceptors (Lipinski definition) is 3.